The van der Waals surface area contributed by atoms with Crippen molar-refractivity contribution in [2.24, 2.45) is 7.05 Å². The third-order valence-corrected chi connectivity index (χ3v) is 5.96. The van der Waals surface area contributed by atoms with Gasteiger partial charge in [0, 0.05) is 12.4 Å². The van der Waals surface area contributed by atoms with Gasteiger partial charge in [-0.25, -0.2) is 19.6 Å². The second kappa shape index (κ2) is 6.46. The minimum absolute atomic E-state index is 0.0798. The molecule has 1 saturated carbocycles. The monoisotopic (exact) mass is 408 g/mol. The molecule has 3 heterocycles. The maximum absolute atomic E-state index is 6.16. The second-order valence-corrected chi connectivity index (χ2v) is 7.91. The van der Waals surface area contributed by atoms with E-state index in [2.05, 4.69) is 39.4 Å². The Hall–Kier alpha value is -4.07. The van der Waals surface area contributed by atoms with E-state index in [0.29, 0.717) is 23.2 Å². The first-order valence-corrected chi connectivity index (χ1v) is 10.2. The van der Waals surface area contributed by atoms with Crippen LogP contribution < -0.4 is 5.73 Å². The third-order valence-electron chi connectivity index (χ3n) is 5.96. The highest BCUT2D eigenvalue weighted by atomic mass is 15.4. The van der Waals surface area contributed by atoms with Crippen molar-refractivity contribution in [2.45, 2.75) is 18.3 Å². The molecule has 1 fully saturated rings. The number of nitrogen functional groups attached to an aromatic ring is 1. The number of benzene rings is 2. The molecule has 8 heteroatoms. The Morgan fingerprint density at radius 3 is 2.52 bits per heavy atom. The zero-order chi connectivity index (χ0) is 21.0. The summed E-state index contributed by atoms with van der Waals surface area (Å²) in [6, 6.07) is 18.4. The zero-order valence-corrected chi connectivity index (χ0v) is 17.0. The molecule has 0 bridgehead atoms. The van der Waals surface area contributed by atoms with Gasteiger partial charge >= 0.3 is 0 Å². The van der Waals surface area contributed by atoms with Crippen LogP contribution >= 0.6 is 0 Å². The maximum atomic E-state index is 6.16. The first-order valence-electron chi connectivity index (χ1n) is 10.2. The van der Waals surface area contributed by atoms with Gasteiger partial charge in [0.15, 0.2) is 11.6 Å². The Balaban J connectivity index is 1.44. The molecule has 0 atom stereocenters. The maximum Gasteiger partial charge on any atom is 0.201 e. The van der Waals surface area contributed by atoms with Gasteiger partial charge in [-0.2, -0.15) is 5.10 Å². The molecular formula is C23H20N8. The normalized spacial score (nSPS) is 14.7. The van der Waals surface area contributed by atoms with Crippen LogP contribution in [0.2, 0.25) is 0 Å². The number of rotatable bonds is 4. The molecule has 6 rings (SSSR count). The minimum atomic E-state index is -0.0798. The van der Waals surface area contributed by atoms with Gasteiger partial charge in [0.2, 0.25) is 5.82 Å². The number of aromatic nitrogens is 7. The Morgan fingerprint density at radius 1 is 0.935 bits per heavy atom. The molecule has 3 aromatic heterocycles. The molecule has 5 aromatic rings. The van der Waals surface area contributed by atoms with Gasteiger partial charge in [0.05, 0.1) is 23.3 Å². The Morgan fingerprint density at radius 2 is 1.71 bits per heavy atom. The van der Waals surface area contributed by atoms with Crippen LogP contribution in [0.25, 0.3) is 28.2 Å². The van der Waals surface area contributed by atoms with Crippen LogP contribution in [-0.4, -0.2) is 34.5 Å². The molecule has 0 amide bonds. The van der Waals surface area contributed by atoms with Crippen molar-refractivity contribution in [3.05, 3.63) is 78.4 Å². The lowest BCUT2D eigenvalue weighted by molar-refractivity contribution is 0.643. The number of nitrogens with two attached hydrogens (primary N) is 1. The van der Waals surface area contributed by atoms with Gasteiger partial charge in [0.1, 0.15) is 11.5 Å². The molecular weight excluding hydrogens is 388 g/mol. The highest BCUT2D eigenvalue weighted by Gasteiger charge is 2.49. The molecule has 2 aromatic carbocycles. The molecule has 0 aliphatic heterocycles. The van der Waals surface area contributed by atoms with Crippen molar-refractivity contribution in [1.29, 1.82) is 0 Å². The fourth-order valence-corrected chi connectivity index (χ4v) is 4.23. The Bertz CT molecular complexity index is 1410. The van der Waals surface area contributed by atoms with Gasteiger partial charge in [-0.15, -0.1) is 5.10 Å². The molecule has 0 radical (unpaired) electrons. The molecule has 152 valence electrons. The lowest BCUT2D eigenvalue weighted by Gasteiger charge is -2.14. The van der Waals surface area contributed by atoms with E-state index in [1.165, 1.54) is 5.56 Å². The SMILES string of the molecule is Cn1nc(-c2cnc(N)c(-n3ncc4ccccc43)n2)nc1C1(c2ccccc2)CC1. The van der Waals surface area contributed by atoms with Crippen LogP contribution in [0.5, 0.6) is 0 Å². The predicted molar refractivity (Wildman–Crippen MR) is 118 cm³/mol. The summed E-state index contributed by atoms with van der Waals surface area (Å²) < 4.78 is 3.56. The number of fused-ring (bicyclic) bond motifs is 1. The number of aryl methyl sites for hydroxylation is 1. The van der Waals surface area contributed by atoms with Crippen LogP contribution in [0.3, 0.4) is 0 Å². The van der Waals surface area contributed by atoms with Crippen molar-refractivity contribution in [3.8, 4) is 17.3 Å². The van der Waals surface area contributed by atoms with Crippen LogP contribution in [0.1, 0.15) is 24.2 Å². The van der Waals surface area contributed by atoms with Crippen molar-refractivity contribution in [2.75, 3.05) is 5.73 Å². The fraction of sp³-hybridized carbons (Fsp3) is 0.174. The fourth-order valence-electron chi connectivity index (χ4n) is 4.23. The van der Waals surface area contributed by atoms with Crippen molar-refractivity contribution >= 4 is 16.7 Å². The second-order valence-electron chi connectivity index (χ2n) is 7.91. The highest BCUT2D eigenvalue weighted by Crippen LogP contribution is 2.52. The number of para-hydroxylation sites is 1. The van der Waals surface area contributed by atoms with Crippen LogP contribution in [0.4, 0.5) is 5.82 Å². The van der Waals surface area contributed by atoms with Crippen LogP contribution in [0, 0.1) is 0 Å². The summed E-state index contributed by atoms with van der Waals surface area (Å²) in [5.41, 5.74) is 8.83. The Kier molecular flexibility index (Phi) is 3.70. The molecule has 31 heavy (non-hydrogen) atoms. The summed E-state index contributed by atoms with van der Waals surface area (Å²) in [6.45, 7) is 0. The quantitative estimate of drug-likeness (QED) is 0.490. The van der Waals surface area contributed by atoms with Crippen molar-refractivity contribution in [3.63, 3.8) is 0 Å². The predicted octanol–water partition coefficient (Wildman–Crippen LogP) is 3.27. The lowest BCUT2D eigenvalue weighted by atomic mass is 9.95. The van der Waals surface area contributed by atoms with Crippen LogP contribution in [0.15, 0.2) is 67.0 Å². The van der Waals surface area contributed by atoms with Crippen molar-refractivity contribution < 1.29 is 0 Å². The van der Waals surface area contributed by atoms with E-state index in [1.54, 1.807) is 17.1 Å². The zero-order valence-electron chi connectivity index (χ0n) is 17.0. The number of hydrogen-bond donors (Lipinski definition) is 1. The summed E-state index contributed by atoms with van der Waals surface area (Å²) in [6.07, 6.45) is 5.52. The summed E-state index contributed by atoms with van der Waals surface area (Å²) in [4.78, 5) is 14.0. The molecule has 8 nitrogen and oxygen atoms in total. The summed E-state index contributed by atoms with van der Waals surface area (Å²) in [5, 5.41) is 10.1. The van der Waals surface area contributed by atoms with Gasteiger partial charge in [-0.05, 0) is 24.5 Å². The number of anilines is 1. The van der Waals surface area contributed by atoms with Gasteiger partial charge in [0.25, 0.3) is 0 Å². The average molecular weight is 408 g/mol. The van der Waals surface area contributed by atoms with Gasteiger partial charge < -0.3 is 5.73 Å². The summed E-state index contributed by atoms with van der Waals surface area (Å²) >= 11 is 0. The van der Waals surface area contributed by atoms with E-state index in [1.807, 2.05) is 42.1 Å². The molecule has 0 unspecified atom stereocenters. The topological polar surface area (TPSA) is 100 Å². The summed E-state index contributed by atoms with van der Waals surface area (Å²) in [5.74, 6) is 2.25. The lowest BCUT2D eigenvalue weighted by Crippen LogP contribution is -2.15. The smallest absolute Gasteiger partial charge is 0.201 e. The van der Waals surface area contributed by atoms with Gasteiger partial charge in [-0.1, -0.05) is 48.5 Å². The first kappa shape index (κ1) is 17.8. The van der Waals surface area contributed by atoms with E-state index in [4.69, 9.17) is 15.7 Å². The summed E-state index contributed by atoms with van der Waals surface area (Å²) in [7, 11) is 1.93. The molecule has 1 aliphatic rings. The van der Waals surface area contributed by atoms with E-state index in [-0.39, 0.29) is 5.41 Å². The molecule has 2 N–H and O–H groups in total. The molecule has 0 spiro atoms. The van der Waals surface area contributed by atoms with Gasteiger partial charge in [-0.3, -0.25) is 4.68 Å². The largest absolute Gasteiger partial charge is 0.381 e. The Labute approximate surface area is 178 Å². The van der Waals surface area contributed by atoms with E-state index >= 15 is 0 Å². The first-order chi connectivity index (χ1) is 15.2. The number of hydrogen-bond acceptors (Lipinski definition) is 6. The molecule has 0 saturated heterocycles. The number of nitrogens with zero attached hydrogens (tertiary/aromatic N) is 7. The van der Waals surface area contributed by atoms with E-state index in [9.17, 15) is 0 Å². The van der Waals surface area contributed by atoms with E-state index in [0.717, 1.165) is 29.6 Å². The van der Waals surface area contributed by atoms with Crippen LogP contribution in [-0.2, 0) is 12.5 Å². The highest BCUT2D eigenvalue weighted by molar-refractivity contribution is 5.80. The third kappa shape index (κ3) is 2.72. The van der Waals surface area contributed by atoms with E-state index < -0.39 is 0 Å². The average Bonchev–Trinajstić information content (AvgIpc) is 3.35. The minimum Gasteiger partial charge on any atom is -0.381 e. The molecule has 1 aliphatic carbocycles. The van der Waals surface area contributed by atoms with Crippen molar-refractivity contribution in [1.82, 2.24) is 34.5 Å². The standard InChI is InChI=1S/C23H20N8/c1-30-22(23(11-12-23)16-8-3-2-4-9-16)28-20(29-30)17-14-25-19(24)21(27-17)31-18-10-6-5-7-15(18)13-26-31/h2-10,13-14H,11-12H2,1H3,(H2,24,25).